The van der Waals surface area contributed by atoms with Crippen LogP contribution in [0.15, 0.2) is 42.7 Å². The van der Waals surface area contributed by atoms with Gasteiger partial charge in [-0.2, -0.15) is 32.1 Å². The Bertz CT molecular complexity index is 1710. The predicted molar refractivity (Wildman–Crippen MR) is 157 cm³/mol. The summed E-state index contributed by atoms with van der Waals surface area (Å²) in [5, 5.41) is 13.6. The molecule has 0 spiro atoms. The third-order valence-corrected chi connectivity index (χ3v) is 7.13. The van der Waals surface area contributed by atoms with Gasteiger partial charge in [0.15, 0.2) is 11.5 Å². The summed E-state index contributed by atoms with van der Waals surface area (Å²) in [5.74, 6) is -6.40. The first-order valence-electron chi connectivity index (χ1n) is 12.3. The number of halogens is 8. The van der Waals surface area contributed by atoms with Gasteiger partial charge in [0.05, 0.1) is 32.1 Å². The van der Waals surface area contributed by atoms with Gasteiger partial charge < -0.3 is 10.6 Å². The topological polar surface area (TPSA) is 107 Å². The monoisotopic (exact) mass is 755 g/mol. The highest BCUT2D eigenvalue weighted by Crippen LogP contribution is 2.44. The second kappa shape index (κ2) is 12.4. The second-order valence-corrected chi connectivity index (χ2v) is 11.6. The first-order valence-corrected chi connectivity index (χ1v) is 14.1. The highest BCUT2D eigenvalue weighted by molar-refractivity contribution is 14.1. The summed E-state index contributed by atoms with van der Waals surface area (Å²) in [6, 6.07) is 7.04. The number of anilines is 1. The van der Waals surface area contributed by atoms with Gasteiger partial charge in [0.25, 0.3) is 11.8 Å². The molecule has 0 fully saturated rings. The summed E-state index contributed by atoms with van der Waals surface area (Å²) in [4.78, 5) is 30.7. The van der Waals surface area contributed by atoms with Crippen LogP contribution in [0.2, 0.25) is 10.0 Å². The second-order valence-electron chi connectivity index (χ2n) is 9.56. The smallest absolute Gasteiger partial charge is 0.350 e. The average Bonchev–Trinajstić information content (AvgIpc) is 3.48. The van der Waals surface area contributed by atoms with Crippen LogP contribution in [0.25, 0.3) is 5.82 Å². The Kier molecular flexibility index (Phi) is 9.37. The number of carbonyl (C=O) groups excluding carboxylic acids is 2. The fraction of sp³-hybridized carbons (Fsp3) is 0.269. The lowest BCUT2D eigenvalue weighted by atomic mass is 10.1. The molecule has 4 aromatic rings. The third kappa shape index (κ3) is 6.93. The van der Waals surface area contributed by atoms with Gasteiger partial charge in [0.1, 0.15) is 5.69 Å². The maximum Gasteiger partial charge on any atom is 0.459 e. The third-order valence-electron chi connectivity index (χ3n) is 5.83. The van der Waals surface area contributed by atoms with Crippen molar-refractivity contribution in [2.75, 3.05) is 5.32 Å². The Hall–Kier alpha value is -3.31. The average molecular weight is 756 g/mol. The van der Waals surface area contributed by atoms with Crippen molar-refractivity contribution in [3.63, 3.8) is 0 Å². The van der Waals surface area contributed by atoms with E-state index >= 15 is 0 Å². The lowest BCUT2D eigenvalue weighted by Gasteiger charge is -2.17. The zero-order valence-electron chi connectivity index (χ0n) is 22.4. The Morgan fingerprint density at radius 2 is 1.77 bits per heavy atom. The van der Waals surface area contributed by atoms with E-state index in [-0.39, 0.29) is 51.1 Å². The van der Waals surface area contributed by atoms with Gasteiger partial charge in [-0.1, -0.05) is 23.2 Å². The van der Waals surface area contributed by atoms with Crippen LogP contribution in [0.3, 0.4) is 0 Å². The molecule has 3 heterocycles. The van der Waals surface area contributed by atoms with Crippen LogP contribution in [-0.4, -0.2) is 48.6 Å². The molecule has 0 unspecified atom stereocenters. The molecule has 0 aliphatic rings. The van der Waals surface area contributed by atoms with Crippen LogP contribution in [0.5, 0.6) is 0 Å². The molecule has 9 nitrogen and oxygen atoms in total. The number of amides is 2. The molecule has 0 saturated heterocycles. The number of aromatic nitrogens is 5. The predicted octanol–water partition coefficient (Wildman–Crippen LogP) is 6.78. The highest BCUT2D eigenvalue weighted by Gasteiger charge is 2.61. The Balaban J connectivity index is 1.76. The van der Waals surface area contributed by atoms with Crippen LogP contribution in [0, 0.1) is 10.5 Å². The minimum atomic E-state index is -5.85. The number of aryl methyl sites for hydroxylation is 1. The van der Waals surface area contributed by atoms with Gasteiger partial charge >= 0.3 is 12.1 Å². The minimum absolute atomic E-state index is 0.0329. The SMILES string of the molecule is Cc1cc(Cl)cc(C(=O)NC(C)C)c1NC(=O)c1cc(Cn2cc(I)c(C(F)(F)C(F)(F)F)n2)nn1-c1ncccc1Cl. The van der Waals surface area contributed by atoms with Gasteiger partial charge in [-0.15, -0.1) is 0 Å². The van der Waals surface area contributed by atoms with E-state index in [0.29, 0.717) is 5.56 Å². The maximum absolute atomic E-state index is 14.0. The summed E-state index contributed by atoms with van der Waals surface area (Å²) in [5.41, 5.74) is -0.813. The molecule has 0 saturated carbocycles. The van der Waals surface area contributed by atoms with E-state index in [4.69, 9.17) is 23.2 Å². The lowest BCUT2D eigenvalue weighted by Crippen LogP contribution is -2.34. The molecular formula is C26H21Cl2F5IN7O2. The molecule has 0 radical (unpaired) electrons. The largest absolute Gasteiger partial charge is 0.459 e. The maximum atomic E-state index is 14.0. The van der Waals surface area contributed by atoms with E-state index in [9.17, 15) is 31.5 Å². The summed E-state index contributed by atoms with van der Waals surface area (Å²) in [6.45, 7) is 4.78. The number of rotatable bonds is 8. The van der Waals surface area contributed by atoms with E-state index in [1.54, 1.807) is 32.9 Å². The molecule has 43 heavy (non-hydrogen) atoms. The van der Waals surface area contributed by atoms with E-state index in [1.165, 1.54) is 47.0 Å². The van der Waals surface area contributed by atoms with E-state index in [0.717, 1.165) is 15.6 Å². The number of nitrogens with zero attached hydrogens (tertiary/aromatic N) is 5. The summed E-state index contributed by atoms with van der Waals surface area (Å²) in [6.07, 6.45) is -3.46. The first kappa shape index (κ1) is 32.6. The normalized spacial score (nSPS) is 12.1. The summed E-state index contributed by atoms with van der Waals surface area (Å²) >= 11 is 13.8. The number of hydrogen-bond acceptors (Lipinski definition) is 5. The molecule has 17 heteroatoms. The zero-order chi connectivity index (χ0) is 31.9. The number of hydrogen-bond donors (Lipinski definition) is 2. The van der Waals surface area contributed by atoms with Crippen LogP contribution in [0.4, 0.5) is 27.6 Å². The number of carbonyl (C=O) groups is 2. The summed E-state index contributed by atoms with van der Waals surface area (Å²) < 4.78 is 68.4. The number of benzene rings is 1. The van der Waals surface area contributed by atoms with Crippen molar-refractivity contribution in [2.24, 2.45) is 0 Å². The molecule has 228 valence electrons. The molecule has 2 amide bonds. The van der Waals surface area contributed by atoms with E-state index in [2.05, 4.69) is 25.8 Å². The number of nitrogens with one attached hydrogen (secondary N) is 2. The minimum Gasteiger partial charge on any atom is -0.350 e. The van der Waals surface area contributed by atoms with Crippen LogP contribution >= 0.6 is 45.8 Å². The first-order chi connectivity index (χ1) is 20.0. The standard InChI is InChI=1S/C26H21Cl2F5IN7O2/c1-12(2)36-23(42)16-8-14(27)7-13(3)20(16)37-24(43)19-9-15(38-41(19)22-17(28)5-4-6-35-22)10-40-11-18(34)21(39-40)25(29,30)26(31,32)33/h4-9,11-12H,10H2,1-3H3,(H,36,42)(H,37,43). The van der Waals surface area contributed by atoms with Crippen molar-refractivity contribution in [3.05, 3.63) is 84.5 Å². The number of alkyl halides is 5. The quantitative estimate of drug-likeness (QED) is 0.153. The van der Waals surface area contributed by atoms with E-state index in [1.807, 2.05) is 0 Å². The Labute approximate surface area is 264 Å². The van der Waals surface area contributed by atoms with Crippen molar-refractivity contribution in [2.45, 2.75) is 45.5 Å². The Morgan fingerprint density at radius 3 is 2.40 bits per heavy atom. The molecule has 2 N–H and O–H groups in total. The lowest BCUT2D eigenvalue weighted by molar-refractivity contribution is -0.291. The van der Waals surface area contributed by atoms with Crippen molar-refractivity contribution < 1.29 is 31.5 Å². The van der Waals surface area contributed by atoms with Gasteiger partial charge in [-0.3, -0.25) is 14.3 Å². The van der Waals surface area contributed by atoms with Gasteiger partial charge in [0, 0.05) is 23.5 Å². The summed E-state index contributed by atoms with van der Waals surface area (Å²) in [7, 11) is 0. The van der Waals surface area contributed by atoms with Crippen LogP contribution in [-0.2, 0) is 12.5 Å². The fourth-order valence-electron chi connectivity index (χ4n) is 3.96. The van der Waals surface area contributed by atoms with Crippen molar-refractivity contribution in [3.8, 4) is 5.82 Å². The fourth-order valence-corrected chi connectivity index (χ4v) is 5.20. The Morgan fingerprint density at radius 1 is 1.07 bits per heavy atom. The molecule has 1 aromatic carbocycles. The highest BCUT2D eigenvalue weighted by atomic mass is 127. The molecule has 0 atom stereocenters. The molecule has 0 bridgehead atoms. The van der Waals surface area contributed by atoms with Crippen molar-refractivity contribution >= 4 is 63.3 Å². The van der Waals surface area contributed by atoms with Gasteiger partial charge in [0.2, 0.25) is 0 Å². The molecule has 0 aliphatic carbocycles. The van der Waals surface area contributed by atoms with E-state index < -0.39 is 33.2 Å². The van der Waals surface area contributed by atoms with Crippen LogP contribution < -0.4 is 10.6 Å². The van der Waals surface area contributed by atoms with Gasteiger partial charge in [-0.05, 0) is 79.3 Å². The molecule has 0 aliphatic heterocycles. The molecular weight excluding hydrogens is 735 g/mol. The van der Waals surface area contributed by atoms with Crippen molar-refractivity contribution in [1.29, 1.82) is 0 Å². The number of pyridine rings is 1. The van der Waals surface area contributed by atoms with Gasteiger partial charge in [-0.25, -0.2) is 9.67 Å². The van der Waals surface area contributed by atoms with Crippen molar-refractivity contribution in [1.82, 2.24) is 29.9 Å². The zero-order valence-corrected chi connectivity index (χ0v) is 26.1. The molecule has 3 aromatic heterocycles. The molecule has 4 rings (SSSR count). The van der Waals surface area contributed by atoms with Crippen LogP contribution in [0.1, 0.15) is 51.6 Å².